The molecule has 0 atom stereocenters. The molecule has 102 valence electrons. The summed E-state index contributed by atoms with van der Waals surface area (Å²) in [5.41, 5.74) is 0.846. The predicted molar refractivity (Wildman–Crippen MR) is 70.9 cm³/mol. The minimum Gasteiger partial charge on any atom is -0.370 e. The van der Waals surface area contributed by atoms with E-state index in [1.165, 1.54) is 6.33 Å². The maximum Gasteiger partial charge on any atom is 0.246 e. The third kappa shape index (κ3) is 2.98. The number of imide groups is 1. The Hall–Kier alpha value is -2.18. The van der Waals surface area contributed by atoms with E-state index >= 15 is 0 Å². The van der Waals surface area contributed by atoms with Crippen LogP contribution in [0.25, 0.3) is 0 Å². The first-order valence-corrected chi connectivity index (χ1v) is 6.25. The Morgan fingerprint density at radius 1 is 1.32 bits per heavy atom. The molecule has 1 saturated heterocycles. The molecule has 0 bridgehead atoms. The fourth-order valence-corrected chi connectivity index (χ4v) is 1.97. The summed E-state index contributed by atoms with van der Waals surface area (Å²) in [5, 5.41) is 5.47. The highest BCUT2D eigenvalue weighted by Crippen LogP contribution is 2.22. The van der Waals surface area contributed by atoms with Gasteiger partial charge in [-0.15, -0.1) is 0 Å². The van der Waals surface area contributed by atoms with Crippen molar-refractivity contribution in [1.82, 2.24) is 15.3 Å². The van der Waals surface area contributed by atoms with Gasteiger partial charge in [-0.05, 0) is 13.3 Å². The summed E-state index contributed by atoms with van der Waals surface area (Å²) in [4.78, 5) is 32.8. The first-order chi connectivity index (χ1) is 9.11. The molecule has 2 amide bonds. The molecule has 7 heteroatoms. The number of aromatic nitrogens is 2. The van der Waals surface area contributed by atoms with Gasteiger partial charge in [-0.2, -0.15) is 0 Å². The van der Waals surface area contributed by atoms with Crippen LogP contribution in [0.3, 0.4) is 0 Å². The fraction of sp³-hybridized carbons (Fsp3) is 0.500. The molecule has 1 aromatic heterocycles. The number of nitrogens with zero attached hydrogens (tertiary/aromatic N) is 3. The predicted octanol–water partition coefficient (Wildman–Crippen LogP) is 0.0697. The van der Waals surface area contributed by atoms with E-state index in [2.05, 4.69) is 27.5 Å². The van der Waals surface area contributed by atoms with E-state index < -0.39 is 0 Å². The van der Waals surface area contributed by atoms with Crippen LogP contribution >= 0.6 is 0 Å². The standard InChI is InChI=1S/C12H17N5O2/c1-3-4-13-11-8(2)12(15-7-14-11)17-5-9(18)16-10(19)6-17/h7H,3-6H2,1-2H3,(H,13,14,15)(H,16,18,19). The highest BCUT2D eigenvalue weighted by atomic mass is 16.2. The van der Waals surface area contributed by atoms with Crippen LogP contribution in [0.5, 0.6) is 0 Å². The van der Waals surface area contributed by atoms with E-state index in [0.29, 0.717) is 5.82 Å². The number of anilines is 2. The van der Waals surface area contributed by atoms with Gasteiger partial charge in [0.05, 0.1) is 13.1 Å². The third-order valence-electron chi connectivity index (χ3n) is 2.85. The molecule has 0 saturated carbocycles. The molecule has 1 aliphatic heterocycles. The number of nitrogens with one attached hydrogen (secondary N) is 2. The Kier molecular flexibility index (Phi) is 3.94. The Bertz CT molecular complexity index is 487. The number of piperazine rings is 1. The van der Waals surface area contributed by atoms with Crippen molar-refractivity contribution in [3.63, 3.8) is 0 Å². The van der Waals surface area contributed by atoms with Gasteiger partial charge in [0.2, 0.25) is 11.8 Å². The monoisotopic (exact) mass is 263 g/mol. The lowest BCUT2D eigenvalue weighted by Gasteiger charge is -2.27. The lowest BCUT2D eigenvalue weighted by Crippen LogP contribution is -2.52. The Balaban J connectivity index is 2.24. The number of carbonyl (C=O) groups excluding carboxylic acids is 2. The fourth-order valence-electron chi connectivity index (χ4n) is 1.97. The second-order valence-electron chi connectivity index (χ2n) is 4.43. The van der Waals surface area contributed by atoms with E-state index in [1.807, 2.05) is 6.92 Å². The van der Waals surface area contributed by atoms with E-state index in [9.17, 15) is 9.59 Å². The molecule has 2 heterocycles. The largest absolute Gasteiger partial charge is 0.370 e. The van der Waals surface area contributed by atoms with E-state index in [4.69, 9.17) is 0 Å². The Labute approximate surface area is 111 Å². The Morgan fingerprint density at radius 2 is 2.00 bits per heavy atom. The highest BCUT2D eigenvalue weighted by Gasteiger charge is 2.25. The molecule has 2 rings (SSSR count). The van der Waals surface area contributed by atoms with Crippen molar-refractivity contribution in [3.05, 3.63) is 11.9 Å². The molecule has 1 aliphatic rings. The van der Waals surface area contributed by atoms with Gasteiger partial charge in [-0.25, -0.2) is 9.97 Å². The summed E-state index contributed by atoms with van der Waals surface area (Å²) in [7, 11) is 0. The Morgan fingerprint density at radius 3 is 2.63 bits per heavy atom. The van der Waals surface area contributed by atoms with Gasteiger partial charge in [0, 0.05) is 12.1 Å². The van der Waals surface area contributed by atoms with E-state index in [1.54, 1.807) is 4.90 Å². The average molecular weight is 263 g/mol. The molecule has 0 spiro atoms. The van der Waals surface area contributed by atoms with Crippen molar-refractivity contribution in [2.75, 3.05) is 29.9 Å². The highest BCUT2D eigenvalue weighted by molar-refractivity contribution is 6.02. The lowest BCUT2D eigenvalue weighted by atomic mass is 10.2. The van der Waals surface area contributed by atoms with Crippen LogP contribution in [0.1, 0.15) is 18.9 Å². The molecule has 7 nitrogen and oxygen atoms in total. The quantitative estimate of drug-likeness (QED) is 0.747. The van der Waals surface area contributed by atoms with Gasteiger partial charge in [0.1, 0.15) is 18.0 Å². The van der Waals surface area contributed by atoms with Crippen molar-refractivity contribution in [2.24, 2.45) is 0 Å². The minimum atomic E-state index is -0.308. The van der Waals surface area contributed by atoms with Crippen LogP contribution in [0.4, 0.5) is 11.6 Å². The lowest BCUT2D eigenvalue weighted by molar-refractivity contribution is -0.130. The molecular weight excluding hydrogens is 246 g/mol. The van der Waals surface area contributed by atoms with Crippen LogP contribution in [0, 0.1) is 6.92 Å². The summed E-state index contributed by atoms with van der Waals surface area (Å²) in [6.45, 7) is 5.03. The van der Waals surface area contributed by atoms with Crippen molar-refractivity contribution in [3.8, 4) is 0 Å². The summed E-state index contributed by atoms with van der Waals surface area (Å²) in [6, 6.07) is 0. The zero-order valence-corrected chi connectivity index (χ0v) is 11.1. The van der Waals surface area contributed by atoms with Crippen molar-refractivity contribution < 1.29 is 9.59 Å². The van der Waals surface area contributed by atoms with Crippen LogP contribution in [-0.4, -0.2) is 41.4 Å². The molecule has 0 aliphatic carbocycles. The number of amides is 2. The average Bonchev–Trinajstić information content (AvgIpc) is 2.36. The molecule has 2 N–H and O–H groups in total. The molecule has 0 radical (unpaired) electrons. The summed E-state index contributed by atoms with van der Waals surface area (Å²) >= 11 is 0. The van der Waals surface area contributed by atoms with Crippen LogP contribution in [0.15, 0.2) is 6.33 Å². The van der Waals surface area contributed by atoms with Gasteiger partial charge in [-0.1, -0.05) is 6.92 Å². The number of rotatable bonds is 4. The van der Waals surface area contributed by atoms with Crippen molar-refractivity contribution in [2.45, 2.75) is 20.3 Å². The van der Waals surface area contributed by atoms with E-state index in [-0.39, 0.29) is 24.9 Å². The maximum absolute atomic E-state index is 11.4. The topological polar surface area (TPSA) is 87.2 Å². The SMILES string of the molecule is CCCNc1ncnc(N2CC(=O)NC(=O)C2)c1C. The van der Waals surface area contributed by atoms with Gasteiger partial charge in [0.15, 0.2) is 0 Å². The molecule has 1 aromatic rings. The molecular formula is C12H17N5O2. The second-order valence-corrected chi connectivity index (χ2v) is 4.43. The number of hydrogen-bond donors (Lipinski definition) is 2. The number of carbonyl (C=O) groups is 2. The zero-order chi connectivity index (χ0) is 13.8. The van der Waals surface area contributed by atoms with Crippen molar-refractivity contribution >= 4 is 23.5 Å². The third-order valence-corrected chi connectivity index (χ3v) is 2.85. The first-order valence-electron chi connectivity index (χ1n) is 6.25. The van der Waals surface area contributed by atoms with Gasteiger partial charge in [-0.3, -0.25) is 14.9 Å². The van der Waals surface area contributed by atoms with Gasteiger partial charge in [0.25, 0.3) is 0 Å². The minimum absolute atomic E-state index is 0.136. The van der Waals surface area contributed by atoms with Crippen LogP contribution in [0.2, 0.25) is 0 Å². The summed E-state index contributed by atoms with van der Waals surface area (Å²) in [5.74, 6) is 0.747. The second kappa shape index (κ2) is 5.64. The van der Waals surface area contributed by atoms with Gasteiger partial charge < -0.3 is 10.2 Å². The van der Waals surface area contributed by atoms with Crippen LogP contribution in [-0.2, 0) is 9.59 Å². The molecule has 19 heavy (non-hydrogen) atoms. The summed E-state index contributed by atoms with van der Waals surface area (Å²) in [6.07, 6.45) is 2.43. The molecule has 1 fully saturated rings. The smallest absolute Gasteiger partial charge is 0.246 e. The first kappa shape index (κ1) is 13.3. The zero-order valence-electron chi connectivity index (χ0n) is 11.1. The van der Waals surface area contributed by atoms with Crippen LogP contribution < -0.4 is 15.5 Å². The van der Waals surface area contributed by atoms with Crippen molar-refractivity contribution in [1.29, 1.82) is 0 Å². The normalized spacial score (nSPS) is 15.4. The molecule has 0 unspecified atom stereocenters. The maximum atomic E-state index is 11.4. The number of hydrogen-bond acceptors (Lipinski definition) is 6. The van der Waals surface area contributed by atoms with E-state index in [0.717, 1.165) is 24.3 Å². The molecule has 0 aromatic carbocycles. The summed E-state index contributed by atoms with van der Waals surface area (Å²) < 4.78 is 0. The van der Waals surface area contributed by atoms with Gasteiger partial charge >= 0.3 is 0 Å².